The van der Waals surface area contributed by atoms with Crippen LogP contribution in [0.5, 0.6) is 0 Å². The van der Waals surface area contributed by atoms with E-state index in [0.717, 1.165) is 0 Å². The maximum absolute atomic E-state index is 12.9. The molecule has 1 radical (unpaired) electrons. The van der Waals surface area contributed by atoms with E-state index in [1.807, 2.05) is 0 Å². The fourth-order valence-corrected chi connectivity index (χ4v) is 1.14. The molecule has 0 bridgehead atoms. The van der Waals surface area contributed by atoms with E-state index in [4.69, 9.17) is 0 Å². The lowest BCUT2D eigenvalue weighted by Crippen LogP contribution is -2.00. The summed E-state index contributed by atoms with van der Waals surface area (Å²) in [5.41, 5.74) is 1.20. The average molecular weight is 169 g/mol. The first-order valence-electron chi connectivity index (χ1n) is 3.80. The van der Waals surface area contributed by atoms with Crippen LogP contribution in [-0.2, 0) is 0 Å². The fourth-order valence-electron chi connectivity index (χ4n) is 1.14. The first-order chi connectivity index (χ1) is 5.66. The molecule has 12 heavy (non-hydrogen) atoms. The highest BCUT2D eigenvalue weighted by molar-refractivity contribution is 5.37. The zero-order valence-corrected chi connectivity index (χ0v) is 7.20. The minimum Gasteiger partial charge on any atom is -0.250 e. The average Bonchev–Trinajstić information content (AvgIpc) is 2.08. The molecule has 0 N–H and O–H groups in total. The van der Waals surface area contributed by atoms with Crippen LogP contribution in [0.3, 0.4) is 0 Å². The van der Waals surface area contributed by atoms with Gasteiger partial charge in [-0.2, -0.15) is 0 Å². The lowest BCUT2D eigenvalue weighted by atomic mass is 9.97. The Morgan fingerprint density at radius 2 is 2.08 bits per heavy atom. The molecule has 0 aromatic heterocycles. The molecule has 0 atom stereocenters. The van der Waals surface area contributed by atoms with Gasteiger partial charge in [0.2, 0.25) is 0 Å². The molecule has 0 fully saturated rings. The maximum Gasteiger partial charge on any atom is 0.126 e. The van der Waals surface area contributed by atoms with Crippen molar-refractivity contribution >= 4 is 0 Å². The van der Waals surface area contributed by atoms with Gasteiger partial charge in [0.15, 0.2) is 0 Å². The molecule has 1 rings (SSSR count). The van der Waals surface area contributed by atoms with Crippen molar-refractivity contribution in [1.82, 2.24) is 0 Å². The van der Waals surface area contributed by atoms with E-state index in [2.05, 4.69) is 0 Å². The lowest BCUT2D eigenvalue weighted by Gasteiger charge is -2.09. The molecule has 0 aliphatic rings. The van der Waals surface area contributed by atoms with Crippen molar-refractivity contribution in [3.8, 4) is 0 Å². The Labute approximate surface area is 71.2 Å². The summed E-state index contributed by atoms with van der Waals surface area (Å²) in [4.78, 5) is 0. The molecule has 0 saturated carbocycles. The van der Waals surface area contributed by atoms with Gasteiger partial charge in [-0.1, -0.05) is 19.1 Å². The Morgan fingerprint density at radius 1 is 1.42 bits per heavy atom. The molecule has 2 heteroatoms. The Kier molecular flexibility index (Phi) is 2.79. The van der Waals surface area contributed by atoms with Crippen LogP contribution in [0.4, 0.5) is 8.78 Å². The Balaban J connectivity index is 3.07. The molecule has 0 nitrogen and oxygen atoms in total. The van der Waals surface area contributed by atoms with Gasteiger partial charge in [-0.25, -0.2) is 4.39 Å². The van der Waals surface area contributed by atoms with E-state index < -0.39 is 6.67 Å². The van der Waals surface area contributed by atoms with Gasteiger partial charge in [0.25, 0.3) is 0 Å². The highest BCUT2D eigenvalue weighted by Gasteiger charge is 2.10. The van der Waals surface area contributed by atoms with Crippen molar-refractivity contribution in [1.29, 1.82) is 0 Å². The van der Waals surface area contributed by atoms with Crippen molar-refractivity contribution in [2.45, 2.75) is 13.8 Å². The zero-order chi connectivity index (χ0) is 9.14. The fraction of sp³-hybridized carbons (Fsp3) is 0.300. The second kappa shape index (κ2) is 3.65. The maximum atomic E-state index is 12.9. The number of rotatable bonds is 2. The van der Waals surface area contributed by atoms with Gasteiger partial charge in [-0.15, -0.1) is 0 Å². The summed E-state index contributed by atoms with van der Waals surface area (Å²) in [7, 11) is 0. The molecule has 1 aromatic carbocycles. The van der Waals surface area contributed by atoms with Crippen LogP contribution in [0.15, 0.2) is 18.2 Å². The lowest BCUT2D eigenvalue weighted by molar-refractivity contribution is 0.514. The monoisotopic (exact) mass is 169 g/mol. The summed E-state index contributed by atoms with van der Waals surface area (Å²) in [6.07, 6.45) is 0. The molecule has 0 heterocycles. The third-order valence-corrected chi connectivity index (χ3v) is 1.93. The van der Waals surface area contributed by atoms with Crippen LogP contribution in [0.2, 0.25) is 0 Å². The molecule has 0 aliphatic carbocycles. The molecule has 0 aliphatic heterocycles. The van der Waals surface area contributed by atoms with Gasteiger partial charge in [-0.05, 0) is 24.1 Å². The molecular weight excluding hydrogens is 158 g/mol. The summed E-state index contributed by atoms with van der Waals surface area (Å²) in [5, 5.41) is 0. The van der Waals surface area contributed by atoms with Crippen LogP contribution in [0.1, 0.15) is 18.1 Å². The van der Waals surface area contributed by atoms with Gasteiger partial charge in [0.1, 0.15) is 5.82 Å². The predicted molar refractivity (Wildman–Crippen MR) is 45.1 cm³/mol. The molecular formula is C10H11F2. The first-order valence-corrected chi connectivity index (χ1v) is 3.80. The predicted octanol–water partition coefficient (Wildman–Crippen LogP) is 3.05. The Morgan fingerprint density at radius 3 is 2.67 bits per heavy atom. The Hall–Kier alpha value is -0.920. The van der Waals surface area contributed by atoms with Gasteiger partial charge >= 0.3 is 0 Å². The smallest absolute Gasteiger partial charge is 0.126 e. The first kappa shape index (κ1) is 9.17. The van der Waals surface area contributed by atoms with E-state index >= 15 is 0 Å². The van der Waals surface area contributed by atoms with Crippen molar-refractivity contribution in [3.63, 3.8) is 0 Å². The van der Waals surface area contributed by atoms with Crippen LogP contribution in [0.25, 0.3) is 0 Å². The summed E-state index contributed by atoms with van der Waals surface area (Å²) < 4.78 is 25.2. The molecule has 0 spiro atoms. The molecule has 1 aromatic rings. The van der Waals surface area contributed by atoms with Gasteiger partial charge < -0.3 is 0 Å². The number of halogens is 2. The minimum atomic E-state index is -0.524. The standard InChI is InChI=1S/C10H11F2/c1-7(6-11)9-4-3-5-10(12)8(9)2/h3-5H,6H2,1-2H3. The van der Waals surface area contributed by atoms with E-state index in [1.54, 1.807) is 26.0 Å². The van der Waals surface area contributed by atoms with E-state index in [-0.39, 0.29) is 5.82 Å². The van der Waals surface area contributed by atoms with E-state index in [0.29, 0.717) is 17.0 Å². The zero-order valence-electron chi connectivity index (χ0n) is 7.20. The molecule has 65 valence electrons. The van der Waals surface area contributed by atoms with Crippen molar-refractivity contribution in [2.75, 3.05) is 6.67 Å². The van der Waals surface area contributed by atoms with Crippen molar-refractivity contribution in [2.24, 2.45) is 0 Å². The second-order valence-electron chi connectivity index (χ2n) is 2.83. The third kappa shape index (κ3) is 1.63. The van der Waals surface area contributed by atoms with Gasteiger partial charge in [0.05, 0.1) is 6.67 Å². The van der Waals surface area contributed by atoms with Gasteiger partial charge in [-0.3, -0.25) is 4.39 Å². The summed E-state index contributed by atoms with van der Waals surface area (Å²) >= 11 is 0. The highest BCUT2D eigenvalue weighted by Crippen LogP contribution is 2.20. The quantitative estimate of drug-likeness (QED) is 0.638. The Bertz CT molecular complexity index is 269. The summed E-state index contributed by atoms with van der Waals surface area (Å²) in [5.74, 6) is 0.298. The van der Waals surface area contributed by atoms with Crippen molar-refractivity contribution in [3.05, 3.63) is 41.1 Å². The van der Waals surface area contributed by atoms with Crippen LogP contribution in [-0.4, -0.2) is 6.67 Å². The topological polar surface area (TPSA) is 0 Å². The van der Waals surface area contributed by atoms with E-state index in [1.165, 1.54) is 6.07 Å². The van der Waals surface area contributed by atoms with E-state index in [9.17, 15) is 8.78 Å². The van der Waals surface area contributed by atoms with Crippen molar-refractivity contribution < 1.29 is 8.78 Å². The SMILES string of the molecule is C[C](CF)c1cccc(F)c1C. The van der Waals surface area contributed by atoms with Crippen LogP contribution >= 0.6 is 0 Å². The van der Waals surface area contributed by atoms with Crippen LogP contribution < -0.4 is 0 Å². The minimum absolute atomic E-state index is 0.277. The second-order valence-corrected chi connectivity index (χ2v) is 2.83. The molecule has 0 amide bonds. The van der Waals surface area contributed by atoms with Gasteiger partial charge in [0, 0.05) is 5.92 Å². The highest BCUT2D eigenvalue weighted by atomic mass is 19.1. The van der Waals surface area contributed by atoms with Crippen LogP contribution in [0, 0.1) is 18.7 Å². The number of alkyl halides is 1. The summed E-state index contributed by atoms with van der Waals surface area (Å²) in [6, 6.07) is 4.70. The summed E-state index contributed by atoms with van der Waals surface area (Å²) in [6.45, 7) is 2.80. The normalized spacial score (nSPS) is 10.8. The third-order valence-electron chi connectivity index (χ3n) is 1.93. The number of benzene rings is 1. The number of hydrogen-bond acceptors (Lipinski definition) is 0. The largest absolute Gasteiger partial charge is 0.250 e. The molecule has 0 saturated heterocycles. The number of hydrogen-bond donors (Lipinski definition) is 0. The molecule has 0 unspecified atom stereocenters.